The number of nitrogens with one attached hydrogen (secondary N) is 1. The van der Waals surface area contributed by atoms with Gasteiger partial charge in [-0.15, -0.1) is 0 Å². The zero-order valence-electron chi connectivity index (χ0n) is 13.7. The molecule has 6 heteroatoms. The van der Waals surface area contributed by atoms with Crippen molar-refractivity contribution in [3.05, 3.63) is 29.8 Å². The van der Waals surface area contributed by atoms with Crippen LogP contribution in [0.15, 0.2) is 24.3 Å². The van der Waals surface area contributed by atoms with Gasteiger partial charge in [0.15, 0.2) is 9.84 Å². The van der Waals surface area contributed by atoms with Gasteiger partial charge in [-0.2, -0.15) is 0 Å². The molecule has 1 aromatic rings. The molecule has 0 saturated heterocycles. The van der Waals surface area contributed by atoms with E-state index in [1.165, 1.54) is 12.5 Å². The molecule has 5 nitrogen and oxygen atoms in total. The summed E-state index contributed by atoms with van der Waals surface area (Å²) in [6.45, 7) is 8.52. The van der Waals surface area contributed by atoms with Crippen molar-refractivity contribution in [3.8, 4) is 5.75 Å². The van der Waals surface area contributed by atoms with Gasteiger partial charge in [-0.05, 0) is 23.1 Å². The van der Waals surface area contributed by atoms with E-state index >= 15 is 0 Å². The topological polar surface area (TPSA) is 72.5 Å². The Morgan fingerprint density at radius 2 is 1.77 bits per heavy atom. The Balaban J connectivity index is 2.35. The minimum Gasteiger partial charge on any atom is -0.492 e. The van der Waals surface area contributed by atoms with Crippen LogP contribution in [-0.2, 0) is 20.0 Å². The number of carbonyl (C=O) groups is 1. The predicted molar refractivity (Wildman–Crippen MR) is 88.0 cm³/mol. The molecule has 1 aromatic carbocycles. The van der Waals surface area contributed by atoms with Gasteiger partial charge >= 0.3 is 0 Å². The molecule has 1 rings (SSSR count). The van der Waals surface area contributed by atoms with E-state index in [4.69, 9.17) is 4.74 Å². The molecule has 0 bridgehead atoms. The molecule has 0 spiro atoms. The normalized spacial score (nSPS) is 12.0. The van der Waals surface area contributed by atoms with Gasteiger partial charge in [0.2, 0.25) is 5.91 Å². The number of amides is 1. The van der Waals surface area contributed by atoms with Gasteiger partial charge in [0.25, 0.3) is 0 Å². The van der Waals surface area contributed by atoms with E-state index in [-0.39, 0.29) is 17.7 Å². The molecule has 0 aromatic heterocycles. The smallest absolute Gasteiger partial charge is 0.235 e. The highest BCUT2D eigenvalue weighted by Gasteiger charge is 2.14. The Bertz CT molecular complexity index is 586. The number of rotatable bonds is 7. The molecule has 1 amide bonds. The van der Waals surface area contributed by atoms with Crippen LogP contribution in [0, 0.1) is 0 Å². The molecule has 0 saturated carbocycles. The predicted octanol–water partition coefficient (Wildman–Crippen LogP) is 1.91. The molecule has 0 radical (unpaired) electrons. The van der Waals surface area contributed by atoms with Crippen molar-refractivity contribution in [3.63, 3.8) is 0 Å². The highest BCUT2D eigenvalue weighted by atomic mass is 32.2. The quantitative estimate of drug-likeness (QED) is 0.777. The molecule has 0 unspecified atom stereocenters. The summed E-state index contributed by atoms with van der Waals surface area (Å²) >= 11 is 0. The van der Waals surface area contributed by atoms with Crippen LogP contribution in [0.3, 0.4) is 0 Å². The Kier molecular flexibility index (Phi) is 6.41. The lowest BCUT2D eigenvalue weighted by Gasteiger charge is -2.19. The summed E-state index contributed by atoms with van der Waals surface area (Å²) in [6, 6.07) is 7.82. The first-order valence-corrected chi connectivity index (χ1v) is 9.16. The summed E-state index contributed by atoms with van der Waals surface area (Å²) in [5.74, 6) is -0.266. The molecule has 0 heterocycles. The Hall–Kier alpha value is -1.56. The van der Waals surface area contributed by atoms with Gasteiger partial charge < -0.3 is 10.1 Å². The van der Waals surface area contributed by atoms with Crippen molar-refractivity contribution in [1.82, 2.24) is 5.32 Å². The molecule has 0 aliphatic carbocycles. The fourth-order valence-electron chi connectivity index (χ4n) is 1.76. The maximum absolute atomic E-state index is 11.4. The molecular weight excluding hydrogens is 302 g/mol. The number of carbonyl (C=O) groups excluding carboxylic acids is 1. The van der Waals surface area contributed by atoms with Gasteiger partial charge in [0.1, 0.15) is 18.1 Å². The van der Waals surface area contributed by atoms with Crippen molar-refractivity contribution in [2.75, 3.05) is 24.7 Å². The zero-order chi connectivity index (χ0) is 16.8. The largest absolute Gasteiger partial charge is 0.492 e. The lowest BCUT2D eigenvalue weighted by Crippen LogP contribution is -2.33. The summed E-state index contributed by atoms with van der Waals surface area (Å²) in [5.41, 5.74) is 1.31. The molecule has 0 aliphatic heterocycles. The second-order valence-electron chi connectivity index (χ2n) is 6.15. The van der Waals surface area contributed by atoms with Gasteiger partial charge in [-0.3, -0.25) is 4.79 Å². The minimum atomic E-state index is -3.28. The molecule has 0 fully saturated rings. The van der Waals surface area contributed by atoms with E-state index in [1.807, 2.05) is 24.3 Å². The molecule has 124 valence electrons. The second kappa shape index (κ2) is 7.63. The monoisotopic (exact) mass is 327 g/mol. The SMILES string of the molecule is CCS(=O)(=O)CC(=O)NCCOc1ccc(C(C)(C)C)cc1. The Labute approximate surface area is 133 Å². The Morgan fingerprint density at radius 1 is 1.18 bits per heavy atom. The summed E-state index contributed by atoms with van der Waals surface area (Å²) < 4.78 is 28.1. The van der Waals surface area contributed by atoms with Gasteiger partial charge in [0, 0.05) is 5.75 Å². The zero-order valence-corrected chi connectivity index (χ0v) is 14.5. The van der Waals surface area contributed by atoms with Gasteiger partial charge in [-0.25, -0.2) is 8.42 Å². The van der Waals surface area contributed by atoms with Crippen LogP contribution in [0.5, 0.6) is 5.75 Å². The van der Waals surface area contributed by atoms with Crippen LogP contribution in [0.1, 0.15) is 33.3 Å². The fourth-order valence-corrected chi connectivity index (χ4v) is 2.47. The first-order chi connectivity index (χ1) is 10.1. The number of hydrogen-bond donors (Lipinski definition) is 1. The van der Waals surface area contributed by atoms with Crippen LogP contribution < -0.4 is 10.1 Å². The average molecular weight is 327 g/mol. The van der Waals surface area contributed by atoms with Crippen LogP contribution in [0.25, 0.3) is 0 Å². The molecule has 0 aliphatic rings. The summed E-state index contributed by atoms with van der Waals surface area (Å²) in [7, 11) is -3.28. The highest BCUT2D eigenvalue weighted by Crippen LogP contribution is 2.24. The standard InChI is InChI=1S/C16H25NO4S/c1-5-22(19,20)12-15(18)17-10-11-21-14-8-6-13(7-9-14)16(2,3)4/h6-9H,5,10-12H2,1-4H3,(H,17,18). The molecular formula is C16H25NO4S. The van der Waals surface area contributed by atoms with Crippen molar-refractivity contribution < 1.29 is 17.9 Å². The summed E-state index contributed by atoms with van der Waals surface area (Å²) in [4.78, 5) is 11.4. The van der Waals surface area contributed by atoms with E-state index < -0.39 is 21.5 Å². The van der Waals surface area contributed by atoms with E-state index in [9.17, 15) is 13.2 Å². The lowest BCUT2D eigenvalue weighted by molar-refractivity contribution is -0.118. The van der Waals surface area contributed by atoms with Crippen molar-refractivity contribution >= 4 is 15.7 Å². The summed E-state index contributed by atoms with van der Waals surface area (Å²) in [6.07, 6.45) is 0. The van der Waals surface area contributed by atoms with Crippen molar-refractivity contribution in [2.24, 2.45) is 0 Å². The van der Waals surface area contributed by atoms with Crippen LogP contribution >= 0.6 is 0 Å². The van der Waals surface area contributed by atoms with Crippen LogP contribution in [0.2, 0.25) is 0 Å². The van der Waals surface area contributed by atoms with Crippen LogP contribution in [-0.4, -0.2) is 39.0 Å². The summed E-state index contributed by atoms with van der Waals surface area (Å²) in [5, 5.41) is 2.54. The van der Waals surface area contributed by atoms with E-state index in [0.717, 1.165) is 5.75 Å². The van der Waals surface area contributed by atoms with Gasteiger partial charge in [-0.1, -0.05) is 39.8 Å². The first kappa shape index (κ1) is 18.5. The van der Waals surface area contributed by atoms with E-state index in [2.05, 4.69) is 26.1 Å². The van der Waals surface area contributed by atoms with Crippen molar-refractivity contribution in [1.29, 1.82) is 0 Å². The van der Waals surface area contributed by atoms with Crippen LogP contribution in [0.4, 0.5) is 0 Å². The lowest BCUT2D eigenvalue weighted by atomic mass is 9.87. The van der Waals surface area contributed by atoms with Gasteiger partial charge in [0.05, 0.1) is 6.54 Å². The first-order valence-electron chi connectivity index (χ1n) is 7.34. The fraction of sp³-hybridized carbons (Fsp3) is 0.562. The molecule has 1 N–H and O–H groups in total. The number of sulfone groups is 1. The maximum atomic E-state index is 11.4. The minimum absolute atomic E-state index is 0.0307. The third kappa shape index (κ3) is 6.47. The average Bonchev–Trinajstić information content (AvgIpc) is 2.43. The van der Waals surface area contributed by atoms with E-state index in [0.29, 0.717) is 6.61 Å². The maximum Gasteiger partial charge on any atom is 0.235 e. The number of ether oxygens (including phenoxy) is 1. The number of hydrogen-bond acceptors (Lipinski definition) is 4. The molecule has 22 heavy (non-hydrogen) atoms. The third-order valence-corrected chi connectivity index (χ3v) is 4.79. The van der Waals surface area contributed by atoms with Crippen molar-refractivity contribution in [2.45, 2.75) is 33.1 Å². The van der Waals surface area contributed by atoms with E-state index in [1.54, 1.807) is 0 Å². The third-order valence-electron chi connectivity index (χ3n) is 3.20. The Morgan fingerprint density at radius 3 is 2.27 bits per heavy atom. The number of benzene rings is 1. The highest BCUT2D eigenvalue weighted by molar-refractivity contribution is 7.92. The second-order valence-corrected chi connectivity index (χ2v) is 8.50. The molecule has 0 atom stereocenters.